The second kappa shape index (κ2) is 6.08. The second-order valence-corrected chi connectivity index (χ2v) is 7.04. The number of esters is 1. The number of hydrogen-bond donors (Lipinski definition) is 0. The highest BCUT2D eigenvalue weighted by Crippen LogP contribution is 2.51. The van der Waals surface area contributed by atoms with Gasteiger partial charge in [-0.15, -0.1) is 0 Å². The van der Waals surface area contributed by atoms with Crippen LogP contribution >= 0.6 is 0 Å². The number of cyclic esters (lactones) is 1. The molecule has 6 atom stereocenters. The fourth-order valence-electron chi connectivity index (χ4n) is 4.80. The summed E-state index contributed by atoms with van der Waals surface area (Å²) in [6.07, 6.45) is 8.20. The zero-order chi connectivity index (χ0) is 15.8. The Morgan fingerprint density at radius 3 is 3.09 bits per heavy atom. The minimum absolute atomic E-state index is 0.00896. The van der Waals surface area contributed by atoms with Gasteiger partial charge in [-0.25, -0.2) is 0 Å². The van der Waals surface area contributed by atoms with E-state index in [0.717, 1.165) is 31.7 Å². The summed E-state index contributed by atoms with van der Waals surface area (Å²) in [5, 5.41) is 0. The molecule has 1 aliphatic carbocycles. The van der Waals surface area contributed by atoms with Crippen molar-refractivity contribution < 1.29 is 14.3 Å². The molecular weight excluding hydrogens is 290 g/mol. The molecule has 2 aliphatic heterocycles. The molecule has 1 aromatic heterocycles. The third-order valence-corrected chi connectivity index (χ3v) is 5.82. The van der Waals surface area contributed by atoms with Gasteiger partial charge in [0.1, 0.15) is 6.10 Å². The summed E-state index contributed by atoms with van der Waals surface area (Å²) in [7, 11) is 0. The molecule has 4 rings (SSSR count). The van der Waals surface area contributed by atoms with E-state index < -0.39 is 0 Å². The first-order valence-electron chi connectivity index (χ1n) is 8.61. The van der Waals surface area contributed by atoms with Crippen LogP contribution in [0.5, 0.6) is 0 Å². The first-order chi connectivity index (χ1) is 11.2. The lowest BCUT2D eigenvalue weighted by molar-refractivity contribution is -0.144. The predicted octanol–water partition coefficient (Wildman–Crippen LogP) is 2.95. The van der Waals surface area contributed by atoms with Crippen molar-refractivity contribution in [1.82, 2.24) is 4.98 Å². The third-order valence-electron chi connectivity index (χ3n) is 5.82. The van der Waals surface area contributed by atoms with E-state index in [-0.39, 0.29) is 18.0 Å². The van der Waals surface area contributed by atoms with Crippen molar-refractivity contribution in [2.24, 2.45) is 29.6 Å². The van der Waals surface area contributed by atoms with Crippen LogP contribution < -0.4 is 0 Å². The van der Waals surface area contributed by atoms with Gasteiger partial charge in [0.2, 0.25) is 0 Å². The normalized spacial score (nSPS) is 39.8. The quantitative estimate of drug-likeness (QED) is 0.788. The van der Waals surface area contributed by atoms with Crippen molar-refractivity contribution in [3.63, 3.8) is 0 Å². The molecule has 1 unspecified atom stereocenters. The molecule has 4 heteroatoms. The van der Waals surface area contributed by atoms with Crippen molar-refractivity contribution >= 4 is 12.0 Å². The molecular formula is C19H23NO3. The molecule has 0 bridgehead atoms. The van der Waals surface area contributed by atoms with Crippen molar-refractivity contribution in [1.29, 1.82) is 0 Å². The van der Waals surface area contributed by atoms with E-state index in [1.165, 1.54) is 0 Å². The number of fused-ring (bicyclic) bond motifs is 2. The molecule has 2 saturated heterocycles. The maximum absolute atomic E-state index is 12.2. The van der Waals surface area contributed by atoms with Gasteiger partial charge in [0.25, 0.3) is 0 Å². The van der Waals surface area contributed by atoms with Crippen LogP contribution in [0.1, 0.15) is 25.5 Å². The van der Waals surface area contributed by atoms with E-state index >= 15 is 0 Å². The molecule has 0 spiro atoms. The number of ether oxygens (including phenoxy) is 2. The van der Waals surface area contributed by atoms with Crippen LogP contribution in [-0.4, -0.2) is 30.3 Å². The highest BCUT2D eigenvalue weighted by molar-refractivity contribution is 5.75. The van der Waals surface area contributed by atoms with E-state index in [9.17, 15) is 4.79 Å². The number of aromatic nitrogens is 1. The van der Waals surface area contributed by atoms with E-state index in [4.69, 9.17) is 9.47 Å². The zero-order valence-electron chi connectivity index (χ0n) is 13.4. The number of hydrogen-bond acceptors (Lipinski definition) is 4. The van der Waals surface area contributed by atoms with Crippen LogP contribution in [0.25, 0.3) is 6.08 Å². The number of nitrogens with zero attached hydrogens (tertiary/aromatic N) is 1. The van der Waals surface area contributed by atoms with Gasteiger partial charge in [-0.2, -0.15) is 0 Å². The van der Waals surface area contributed by atoms with Crippen molar-refractivity contribution in [2.75, 3.05) is 13.2 Å². The van der Waals surface area contributed by atoms with Gasteiger partial charge < -0.3 is 9.47 Å². The lowest BCUT2D eigenvalue weighted by Gasteiger charge is -2.45. The van der Waals surface area contributed by atoms with E-state index in [1.54, 1.807) is 0 Å². The molecule has 3 fully saturated rings. The molecule has 3 aliphatic rings. The highest BCUT2D eigenvalue weighted by atomic mass is 16.6. The first kappa shape index (κ1) is 14.9. The fraction of sp³-hybridized carbons (Fsp3) is 0.579. The SMILES string of the molecule is C[C@H]1OC(=O)[C@@H]2C[C@@H]3COCCC3[C@H](C=Cc3ccccn3)[C@H]12. The molecule has 1 saturated carbocycles. The number of carbonyl (C=O) groups excluding carboxylic acids is 1. The van der Waals surface area contributed by atoms with Gasteiger partial charge in [-0.1, -0.05) is 12.1 Å². The average Bonchev–Trinajstić information content (AvgIpc) is 2.87. The summed E-state index contributed by atoms with van der Waals surface area (Å²) in [4.78, 5) is 16.6. The van der Waals surface area contributed by atoms with Crippen LogP contribution in [0.15, 0.2) is 30.5 Å². The molecule has 122 valence electrons. The number of pyridine rings is 1. The van der Waals surface area contributed by atoms with E-state index in [1.807, 2.05) is 31.3 Å². The van der Waals surface area contributed by atoms with Gasteiger partial charge in [0.05, 0.1) is 11.6 Å². The Labute approximate surface area is 136 Å². The first-order valence-corrected chi connectivity index (χ1v) is 8.61. The topological polar surface area (TPSA) is 48.4 Å². The van der Waals surface area contributed by atoms with Crippen molar-refractivity contribution in [3.05, 3.63) is 36.2 Å². The Balaban J connectivity index is 1.64. The molecule has 1 aromatic rings. The minimum Gasteiger partial charge on any atom is -0.462 e. The van der Waals surface area contributed by atoms with Crippen LogP contribution in [0, 0.1) is 29.6 Å². The Morgan fingerprint density at radius 1 is 1.35 bits per heavy atom. The zero-order valence-corrected chi connectivity index (χ0v) is 13.4. The van der Waals surface area contributed by atoms with Crippen LogP contribution in [-0.2, 0) is 14.3 Å². The van der Waals surface area contributed by atoms with Gasteiger partial charge in [0.15, 0.2) is 0 Å². The maximum Gasteiger partial charge on any atom is 0.309 e. The minimum atomic E-state index is -0.0113. The lowest BCUT2D eigenvalue weighted by atomic mass is 9.60. The molecule has 0 N–H and O–H groups in total. The van der Waals surface area contributed by atoms with Crippen LogP contribution in [0.4, 0.5) is 0 Å². The van der Waals surface area contributed by atoms with Crippen molar-refractivity contribution in [3.8, 4) is 0 Å². The molecule has 0 aromatic carbocycles. The summed E-state index contributed by atoms with van der Waals surface area (Å²) < 4.78 is 11.2. The highest BCUT2D eigenvalue weighted by Gasteiger charge is 2.53. The monoisotopic (exact) mass is 313 g/mol. The van der Waals surface area contributed by atoms with Crippen LogP contribution in [0.3, 0.4) is 0 Å². The smallest absolute Gasteiger partial charge is 0.309 e. The van der Waals surface area contributed by atoms with Gasteiger partial charge in [-0.05, 0) is 55.7 Å². The Hall–Kier alpha value is -1.68. The van der Waals surface area contributed by atoms with Gasteiger partial charge in [-0.3, -0.25) is 9.78 Å². The third kappa shape index (κ3) is 2.69. The van der Waals surface area contributed by atoms with E-state index in [2.05, 4.69) is 17.1 Å². The van der Waals surface area contributed by atoms with Crippen LogP contribution in [0.2, 0.25) is 0 Å². The second-order valence-electron chi connectivity index (χ2n) is 7.04. The summed E-state index contributed by atoms with van der Waals surface area (Å²) in [6, 6.07) is 5.93. The summed E-state index contributed by atoms with van der Waals surface area (Å²) in [6.45, 7) is 3.66. The van der Waals surface area contributed by atoms with Gasteiger partial charge >= 0.3 is 5.97 Å². The molecule has 0 amide bonds. The fourth-order valence-corrected chi connectivity index (χ4v) is 4.80. The largest absolute Gasteiger partial charge is 0.462 e. The number of allylic oxidation sites excluding steroid dienone is 1. The summed E-state index contributed by atoms with van der Waals surface area (Å²) in [5.74, 6) is 1.74. The molecule has 3 heterocycles. The number of carbonyl (C=O) groups is 1. The predicted molar refractivity (Wildman–Crippen MR) is 86.3 cm³/mol. The Kier molecular flexibility index (Phi) is 3.93. The molecule has 23 heavy (non-hydrogen) atoms. The Bertz CT molecular complexity index is 600. The maximum atomic E-state index is 12.2. The molecule has 0 radical (unpaired) electrons. The standard InChI is InChI=1S/C19H23NO3/c1-12-18-16(6-5-14-4-2-3-8-20-14)15-7-9-22-11-13(15)10-17(18)19(21)23-12/h2-6,8,12-13,15-18H,7,9-11H2,1H3/t12-,13-,15?,16+,17-,18+/m1/s1. The Morgan fingerprint density at radius 2 is 2.26 bits per heavy atom. The van der Waals surface area contributed by atoms with E-state index in [0.29, 0.717) is 23.7 Å². The average molecular weight is 313 g/mol. The number of rotatable bonds is 2. The van der Waals surface area contributed by atoms with Gasteiger partial charge in [0, 0.05) is 25.3 Å². The molecule has 4 nitrogen and oxygen atoms in total. The summed E-state index contributed by atoms with van der Waals surface area (Å²) in [5.41, 5.74) is 0.969. The van der Waals surface area contributed by atoms with Crippen molar-refractivity contribution in [2.45, 2.75) is 25.9 Å². The summed E-state index contributed by atoms with van der Waals surface area (Å²) >= 11 is 0. The lowest BCUT2D eigenvalue weighted by Crippen LogP contribution is -2.45.